The maximum atomic E-state index is 10.9. The van der Waals surface area contributed by atoms with Crippen LogP contribution in [0.5, 0.6) is 0 Å². The fraction of sp³-hybridized carbons (Fsp3) is 0.583. The van der Waals surface area contributed by atoms with Crippen LogP contribution >= 0.6 is 0 Å². The number of ether oxygens (including phenoxy) is 1. The quantitative estimate of drug-likeness (QED) is 0.499. The van der Waals surface area contributed by atoms with Crippen molar-refractivity contribution in [3.8, 4) is 0 Å². The van der Waals surface area contributed by atoms with Crippen LogP contribution in [0.4, 0.5) is 0 Å². The van der Waals surface area contributed by atoms with Crippen molar-refractivity contribution in [2.45, 2.75) is 39.7 Å². The number of carbonyl (C=O) groups excluding carboxylic acids is 1. The van der Waals surface area contributed by atoms with Crippen molar-refractivity contribution >= 4 is 5.97 Å². The third-order valence-electron chi connectivity index (χ3n) is 2.74. The predicted molar refractivity (Wildman–Crippen MR) is 56.8 cm³/mol. The summed E-state index contributed by atoms with van der Waals surface area (Å²) in [6.45, 7) is 9.45. The molecule has 1 rings (SSSR count). The topological polar surface area (TPSA) is 26.3 Å². The summed E-state index contributed by atoms with van der Waals surface area (Å²) in [7, 11) is 0. The minimum absolute atomic E-state index is 0.0389. The van der Waals surface area contributed by atoms with Crippen molar-refractivity contribution in [3.05, 3.63) is 23.8 Å². The Labute approximate surface area is 85.6 Å². The first-order valence-electron chi connectivity index (χ1n) is 5.00. The number of hydrogen-bond donors (Lipinski definition) is 0. The molecule has 0 aromatic carbocycles. The smallest absolute Gasteiger partial charge is 0.303 e. The Hall–Kier alpha value is -1.05. The Morgan fingerprint density at radius 1 is 1.57 bits per heavy atom. The van der Waals surface area contributed by atoms with Gasteiger partial charge in [0.25, 0.3) is 0 Å². The van der Waals surface area contributed by atoms with E-state index in [1.807, 2.05) is 13.8 Å². The van der Waals surface area contributed by atoms with E-state index in [-0.39, 0.29) is 12.1 Å². The second-order valence-corrected chi connectivity index (χ2v) is 4.06. The largest absolute Gasteiger partial charge is 0.458 e. The van der Waals surface area contributed by atoms with Crippen LogP contribution in [0.1, 0.15) is 33.6 Å². The van der Waals surface area contributed by atoms with Crippen LogP contribution in [-0.2, 0) is 9.53 Å². The maximum absolute atomic E-state index is 10.9. The molecular formula is C12H18O2. The van der Waals surface area contributed by atoms with Crippen molar-refractivity contribution in [3.63, 3.8) is 0 Å². The van der Waals surface area contributed by atoms with Gasteiger partial charge in [-0.2, -0.15) is 0 Å². The molecule has 0 amide bonds. The first kappa shape index (κ1) is 11.0. The van der Waals surface area contributed by atoms with E-state index < -0.39 is 0 Å². The van der Waals surface area contributed by atoms with E-state index in [0.717, 1.165) is 18.4 Å². The molecule has 0 N–H and O–H groups in total. The standard InChI is InChI=1S/C12H18O2/c1-8(2)11-6-5-9(3)12(7-11)14-10(4)13/h5,11-12H,1,6-7H2,2-4H3/t11?,12-/m0/s1. The summed E-state index contributed by atoms with van der Waals surface area (Å²) in [4.78, 5) is 10.9. The monoisotopic (exact) mass is 194 g/mol. The van der Waals surface area contributed by atoms with Crippen molar-refractivity contribution in [1.29, 1.82) is 0 Å². The zero-order valence-electron chi connectivity index (χ0n) is 9.17. The molecule has 2 atom stereocenters. The fourth-order valence-corrected chi connectivity index (χ4v) is 1.74. The van der Waals surface area contributed by atoms with E-state index in [1.165, 1.54) is 12.5 Å². The van der Waals surface area contributed by atoms with E-state index in [1.54, 1.807) is 0 Å². The average molecular weight is 194 g/mol. The van der Waals surface area contributed by atoms with Gasteiger partial charge in [-0.15, -0.1) is 0 Å². The van der Waals surface area contributed by atoms with Crippen LogP contribution < -0.4 is 0 Å². The summed E-state index contributed by atoms with van der Waals surface area (Å²) in [5.74, 6) is 0.258. The second kappa shape index (κ2) is 4.45. The molecule has 0 spiro atoms. The number of allylic oxidation sites excluding steroid dienone is 2. The molecule has 0 aromatic rings. The summed E-state index contributed by atoms with van der Waals surface area (Å²) in [5, 5.41) is 0. The van der Waals surface area contributed by atoms with Crippen molar-refractivity contribution < 1.29 is 9.53 Å². The molecule has 14 heavy (non-hydrogen) atoms. The normalized spacial score (nSPS) is 26.6. The molecule has 0 heterocycles. The van der Waals surface area contributed by atoms with Crippen molar-refractivity contribution in [1.82, 2.24) is 0 Å². The summed E-state index contributed by atoms with van der Waals surface area (Å²) < 4.78 is 5.24. The molecule has 2 nitrogen and oxygen atoms in total. The number of carbonyl (C=O) groups is 1. The zero-order chi connectivity index (χ0) is 10.7. The van der Waals surface area contributed by atoms with Crippen molar-refractivity contribution in [2.75, 3.05) is 0 Å². The van der Waals surface area contributed by atoms with Gasteiger partial charge in [-0.1, -0.05) is 18.2 Å². The van der Waals surface area contributed by atoms with E-state index >= 15 is 0 Å². The lowest BCUT2D eigenvalue weighted by molar-refractivity contribution is -0.145. The van der Waals surface area contributed by atoms with Crippen LogP contribution in [0, 0.1) is 5.92 Å². The molecule has 0 aliphatic heterocycles. The lowest BCUT2D eigenvalue weighted by atomic mass is 9.84. The molecule has 0 fully saturated rings. The van der Waals surface area contributed by atoms with Crippen LogP contribution in [-0.4, -0.2) is 12.1 Å². The maximum Gasteiger partial charge on any atom is 0.303 e. The SMILES string of the molecule is C=C(C)C1CC=C(C)[C@@H](OC(C)=O)C1. The summed E-state index contributed by atoms with van der Waals surface area (Å²) >= 11 is 0. The second-order valence-electron chi connectivity index (χ2n) is 4.06. The summed E-state index contributed by atoms with van der Waals surface area (Å²) in [6.07, 6.45) is 4.02. The third-order valence-corrected chi connectivity index (χ3v) is 2.74. The lowest BCUT2D eigenvalue weighted by Crippen LogP contribution is -2.25. The van der Waals surface area contributed by atoms with Gasteiger partial charge in [0, 0.05) is 6.92 Å². The van der Waals surface area contributed by atoms with E-state index in [0.29, 0.717) is 5.92 Å². The lowest BCUT2D eigenvalue weighted by Gasteiger charge is -2.28. The number of rotatable bonds is 2. The van der Waals surface area contributed by atoms with Gasteiger partial charge in [-0.25, -0.2) is 0 Å². The first-order chi connectivity index (χ1) is 6.50. The minimum atomic E-state index is -0.204. The van der Waals surface area contributed by atoms with Gasteiger partial charge in [0.15, 0.2) is 0 Å². The van der Waals surface area contributed by atoms with Gasteiger partial charge in [0.1, 0.15) is 6.10 Å². The Bertz CT molecular complexity index is 276. The van der Waals surface area contributed by atoms with E-state index in [9.17, 15) is 4.79 Å². The molecule has 78 valence electrons. The van der Waals surface area contributed by atoms with Gasteiger partial charge < -0.3 is 4.74 Å². The average Bonchev–Trinajstić information content (AvgIpc) is 2.07. The number of esters is 1. The highest BCUT2D eigenvalue weighted by Crippen LogP contribution is 2.30. The Balaban J connectivity index is 2.66. The highest BCUT2D eigenvalue weighted by molar-refractivity contribution is 5.66. The molecule has 0 bridgehead atoms. The predicted octanol–water partition coefficient (Wildman–Crippen LogP) is 2.85. The van der Waals surface area contributed by atoms with Crippen LogP contribution in [0.25, 0.3) is 0 Å². The van der Waals surface area contributed by atoms with Gasteiger partial charge in [-0.05, 0) is 38.2 Å². The molecule has 1 aliphatic carbocycles. The summed E-state index contributed by atoms with van der Waals surface area (Å²) in [5.41, 5.74) is 2.34. The molecular weight excluding hydrogens is 176 g/mol. The third kappa shape index (κ3) is 2.72. The minimum Gasteiger partial charge on any atom is -0.458 e. The highest BCUT2D eigenvalue weighted by atomic mass is 16.5. The van der Waals surface area contributed by atoms with Crippen LogP contribution in [0.3, 0.4) is 0 Å². The van der Waals surface area contributed by atoms with Gasteiger partial charge >= 0.3 is 5.97 Å². The molecule has 0 saturated heterocycles. The molecule has 1 unspecified atom stereocenters. The molecule has 0 radical (unpaired) electrons. The molecule has 1 aliphatic rings. The van der Waals surface area contributed by atoms with Crippen LogP contribution in [0.15, 0.2) is 23.8 Å². The van der Waals surface area contributed by atoms with Gasteiger partial charge in [0.2, 0.25) is 0 Å². The summed E-state index contributed by atoms with van der Waals surface area (Å²) in [6, 6.07) is 0. The van der Waals surface area contributed by atoms with E-state index in [4.69, 9.17) is 4.74 Å². The fourth-order valence-electron chi connectivity index (χ4n) is 1.74. The molecule has 0 aromatic heterocycles. The Kier molecular flexibility index (Phi) is 3.50. The highest BCUT2D eigenvalue weighted by Gasteiger charge is 2.24. The van der Waals surface area contributed by atoms with Gasteiger partial charge in [0.05, 0.1) is 0 Å². The van der Waals surface area contributed by atoms with E-state index in [2.05, 4.69) is 12.7 Å². The van der Waals surface area contributed by atoms with Crippen LogP contribution in [0.2, 0.25) is 0 Å². The molecule has 0 saturated carbocycles. The Morgan fingerprint density at radius 2 is 2.21 bits per heavy atom. The van der Waals surface area contributed by atoms with Crippen molar-refractivity contribution in [2.24, 2.45) is 5.92 Å². The Morgan fingerprint density at radius 3 is 2.71 bits per heavy atom. The zero-order valence-corrected chi connectivity index (χ0v) is 9.17. The number of hydrogen-bond acceptors (Lipinski definition) is 2. The first-order valence-corrected chi connectivity index (χ1v) is 5.00. The van der Waals surface area contributed by atoms with Gasteiger partial charge in [-0.3, -0.25) is 4.79 Å². The molecule has 2 heteroatoms.